The van der Waals surface area contributed by atoms with Gasteiger partial charge in [0.1, 0.15) is 17.0 Å². The summed E-state index contributed by atoms with van der Waals surface area (Å²) in [5, 5.41) is 3.12. The molecule has 5 nitrogen and oxygen atoms in total. The number of carbonyl (C=O) groups is 1. The highest BCUT2D eigenvalue weighted by atomic mass is 35.5. The lowest BCUT2D eigenvalue weighted by Gasteiger charge is -2.10. The lowest BCUT2D eigenvalue weighted by molar-refractivity contribution is 0.0933. The lowest BCUT2D eigenvalue weighted by atomic mass is 10.2. The molecule has 0 aliphatic rings. The maximum Gasteiger partial charge on any atom is 0.253 e. The van der Waals surface area contributed by atoms with E-state index in [9.17, 15) is 4.79 Å². The van der Waals surface area contributed by atoms with Crippen LogP contribution in [0.1, 0.15) is 35.0 Å². The Morgan fingerprint density at radius 1 is 1.39 bits per heavy atom. The van der Waals surface area contributed by atoms with Crippen molar-refractivity contribution in [1.82, 2.24) is 15.3 Å². The zero-order valence-corrected chi connectivity index (χ0v) is 10.7. The van der Waals surface area contributed by atoms with E-state index >= 15 is 0 Å². The monoisotopic (exact) mass is 265 g/mol. The van der Waals surface area contributed by atoms with E-state index in [4.69, 9.17) is 16.0 Å². The van der Waals surface area contributed by atoms with Gasteiger partial charge in [-0.3, -0.25) is 4.79 Å². The molecule has 18 heavy (non-hydrogen) atoms. The number of carbonyl (C=O) groups excluding carboxylic acids is 1. The van der Waals surface area contributed by atoms with Gasteiger partial charge in [0.05, 0.1) is 11.8 Å². The van der Waals surface area contributed by atoms with Crippen molar-refractivity contribution in [3.05, 3.63) is 46.9 Å². The molecule has 0 saturated heterocycles. The largest absolute Gasteiger partial charge is 0.444 e. The first-order valence-electron chi connectivity index (χ1n) is 5.41. The van der Waals surface area contributed by atoms with Gasteiger partial charge in [0.2, 0.25) is 5.89 Å². The van der Waals surface area contributed by atoms with Crippen molar-refractivity contribution in [3.63, 3.8) is 0 Å². The van der Waals surface area contributed by atoms with E-state index in [2.05, 4.69) is 15.3 Å². The number of pyridine rings is 1. The molecule has 1 N–H and O–H groups in total. The summed E-state index contributed by atoms with van der Waals surface area (Å²) in [6.45, 7) is 3.60. The number of amides is 1. The molecule has 2 heterocycles. The van der Waals surface area contributed by atoms with Crippen molar-refractivity contribution in [3.8, 4) is 0 Å². The fourth-order valence-electron chi connectivity index (χ4n) is 1.42. The molecule has 1 unspecified atom stereocenters. The Hall–Kier alpha value is -1.88. The van der Waals surface area contributed by atoms with Gasteiger partial charge in [-0.2, -0.15) is 0 Å². The Morgan fingerprint density at radius 2 is 2.17 bits per heavy atom. The summed E-state index contributed by atoms with van der Waals surface area (Å²) < 4.78 is 5.34. The van der Waals surface area contributed by atoms with Gasteiger partial charge in [-0.05, 0) is 26.0 Å². The number of halogens is 1. The van der Waals surface area contributed by atoms with E-state index in [1.807, 2.05) is 0 Å². The van der Waals surface area contributed by atoms with Crippen LogP contribution in [0.2, 0.25) is 5.15 Å². The summed E-state index contributed by atoms with van der Waals surface area (Å²) in [6, 6.07) is 2.87. The summed E-state index contributed by atoms with van der Waals surface area (Å²) in [7, 11) is 0. The zero-order valence-electron chi connectivity index (χ0n) is 9.98. The zero-order chi connectivity index (χ0) is 13.1. The molecule has 0 aliphatic carbocycles. The van der Waals surface area contributed by atoms with Crippen LogP contribution in [-0.2, 0) is 0 Å². The number of rotatable bonds is 3. The van der Waals surface area contributed by atoms with Crippen molar-refractivity contribution < 1.29 is 9.21 Å². The molecule has 0 fully saturated rings. The fraction of sp³-hybridized carbons (Fsp3) is 0.250. The lowest BCUT2D eigenvalue weighted by Crippen LogP contribution is -2.26. The van der Waals surface area contributed by atoms with Gasteiger partial charge < -0.3 is 9.73 Å². The molecular weight excluding hydrogens is 254 g/mol. The minimum absolute atomic E-state index is 0.248. The molecule has 0 saturated carbocycles. The van der Waals surface area contributed by atoms with Crippen molar-refractivity contribution in [2.45, 2.75) is 19.9 Å². The first-order chi connectivity index (χ1) is 8.56. The quantitative estimate of drug-likeness (QED) is 0.866. The molecule has 2 aromatic rings. The third-order valence-corrected chi connectivity index (χ3v) is 2.57. The molecule has 1 atom stereocenters. The summed E-state index contributed by atoms with van der Waals surface area (Å²) in [5.41, 5.74) is 0.439. The van der Waals surface area contributed by atoms with Crippen LogP contribution in [-0.4, -0.2) is 15.9 Å². The molecule has 0 radical (unpaired) electrons. The van der Waals surface area contributed by atoms with Gasteiger partial charge in [0.25, 0.3) is 5.91 Å². The van der Waals surface area contributed by atoms with Gasteiger partial charge >= 0.3 is 0 Å². The van der Waals surface area contributed by atoms with Crippen molar-refractivity contribution >= 4 is 17.5 Å². The van der Waals surface area contributed by atoms with E-state index in [0.29, 0.717) is 22.4 Å². The highest BCUT2D eigenvalue weighted by Gasteiger charge is 2.15. The average Bonchev–Trinajstić information content (AvgIpc) is 2.76. The number of nitrogens with one attached hydrogen (secondary N) is 1. The number of hydrogen-bond acceptors (Lipinski definition) is 4. The third kappa shape index (κ3) is 2.87. The molecule has 2 aromatic heterocycles. The van der Waals surface area contributed by atoms with E-state index in [-0.39, 0.29) is 11.9 Å². The summed E-state index contributed by atoms with van der Waals surface area (Å²) >= 11 is 5.65. The Morgan fingerprint density at radius 3 is 2.72 bits per heavy atom. The highest BCUT2D eigenvalue weighted by Crippen LogP contribution is 2.13. The van der Waals surface area contributed by atoms with Crippen LogP contribution in [0.4, 0.5) is 0 Å². The maximum absolute atomic E-state index is 11.9. The standard InChI is InChI=1S/C12H12ClN3O2/c1-7-5-15-12(18-7)8(2)16-11(17)9-3-4-10(13)14-6-9/h3-6,8H,1-2H3,(H,16,17). The number of oxazole rings is 1. The van der Waals surface area contributed by atoms with Crippen molar-refractivity contribution in [2.24, 2.45) is 0 Å². The minimum atomic E-state index is -0.304. The molecule has 1 amide bonds. The van der Waals surface area contributed by atoms with E-state index in [1.165, 1.54) is 6.20 Å². The van der Waals surface area contributed by atoms with Gasteiger partial charge in [0, 0.05) is 6.20 Å². The van der Waals surface area contributed by atoms with Crippen LogP contribution >= 0.6 is 11.6 Å². The first kappa shape index (κ1) is 12.6. The van der Waals surface area contributed by atoms with Crippen molar-refractivity contribution in [2.75, 3.05) is 0 Å². The number of hydrogen-bond donors (Lipinski definition) is 1. The van der Waals surface area contributed by atoms with Crippen LogP contribution in [0.3, 0.4) is 0 Å². The predicted molar refractivity (Wildman–Crippen MR) is 66.4 cm³/mol. The summed E-state index contributed by atoms with van der Waals surface area (Å²) in [4.78, 5) is 19.8. The van der Waals surface area contributed by atoms with E-state index in [0.717, 1.165) is 0 Å². The molecular formula is C12H12ClN3O2. The second-order valence-corrected chi connectivity index (χ2v) is 4.26. The number of nitrogens with zero attached hydrogens (tertiary/aromatic N) is 2. The van der Waals surface area contributed by atoms with Crippen LogP contribution in [0.5, 0.6) is 0 Å². The normalized spacial score (nSPS) is 12.2. The summed E-state index contributed by atoms with van der Waals surface area (Å²) in [5.74, 6) is 0.935. The summed E-state index contributed by atoms with van der Waals surface area (Å²) in [6.07, 6.45) is 3.03. The molecule has 0 bridgehead atoms. The fourth-order valence-corrected chi connectivity index (χ4v) is 1.54. The van der Waals surface area contributed by atoms with Crippen molar-refractivity contribution in [1.29, 1.82) is 0 Å². The molecule has 0 aliphatic heterocycles. The second kappa shape index (κ2) is 5.18. The highest BCUT2D eigenvalue weighted by molar-refractivity contribution is 6.29. The molecule has 94 valence electrons. The molecule has 0 aromatic carbocycles. The third-order valence-electron chi connectivity index (χ3n) is 2.35. The Labute approximate surface area is 109 Å². The second-order valence-electron chi connectivity index (χ2n) is 3.87. The van der Waals surface area contributed by atoms with Crippen LogP contribution in [0.15, 0.2) is 28.9 Å². The van der Waals surface area contributed by atoms with Gasteiger partial charge in [-0.15, -0.1) is 0 Å². The Kier molecular flexibility index (Phi) is 3.62. The smallest absolute Gasteiger partial charge is 0.253 e. The van der Waals surface area contributed by atoms with Crippen LogP contribution in [0.25, 0.3) is 0 Å². The minimum Gasteiger partial charge on any atom is -0.444 e. The Balaban J connectivity index is 2.05. The number of aromatic nitrogens is 2. The van der Waals surface area contributed by atoms with Gasteiger partial charge in [-0.25, -0.2) is 9.97 Å². The Bertz CT molecular complexity index is 551. The number of aryl methyl sites for hydroxylation is 1. The topological polar surface area (TPSA) is 68.0 Å². The molecule has 2 rings (SSSR count). The van der Waals surface area contributed by atoms with E-state index in [1.54, 1.807) is 32.2 Å². The predicted octanol–water partition coefficient (Wildman–Crippen LogP) is 2.52. The first-order valence-corrected chi connectivity index (χ1v) is 5.79. The maximum atomic E-state index is 11.9. The SMILES string of the molecule is Cc1cnc(C(C)NC(=O)c2ccc(Cl)nc2)o1. The molecule has 6 heteroatoms. The average molecular weight is 266 g/mol. The van der Waals surface area contributed by atoms with Crippen LogP contribution < -0.4 is 5.32 Å². The van der Waals surface area contributed by atoms with Gasteiger partial charge in [0.15, 0.2) is 0 Å². The van der Waals surface area contributed by atoms with Crippen LogP contribution in [0, 0.1) is 6.92 Å². The van der Waals surface area contributed by atoms with E-state index < -0.39 is 0 Å². The molecule has 0 spiro atoms. The van der Waals surface area contributed by atoms with Gasteiger partial charge in [-0.1, -0.05) is 11.6 Å².